The molecule has 0 saturated carbocycles. The maximum atomic E-state index is 12.2. The number of hydrogen-bond donors (Lipinski definition) is 2. The maximum absolute atomic E-state index is 12.2. The van der Waals surface area contributed by atoms with E-state index in [9.17, 15) is 14.4 Å². The number of benzene rings is 1. The summed E-state index contributed by atoms with van der Waals surface area (Å²) >= 11 is 0. The highest BCUT2D eigenvalue weighted by Crippen LogP contribution is 2.11. The molecule has 3 aromatic rings. The Kier molecular flexibility index (Phi) is 6.46. The Labute approximate surface area is 166 Å². The normalized spacial score (nSPS) is 10.5. The SMILES string of the molecule is CCCCn1nc(C(=O)NCC(=O)Nc2ccc(-n3cncn3)cc2)ccc1=O. The second-order valence-electron chi connectivity index (χ2n) is 6.25. The molecule has 0 fully saturated rings. The van der Waals surface area contributed by atoms with Crippen LogP contribution in [0.2, 0.25) is 0 Å². The zero-order valence-electron chi connectivity index (χ0n) is 15.9. The monoisotopic (exact) mass is 395 g/mol. The molecule has 29 heavy (non-hydrogen) atoms. The zero-order valence-corrected chi connectivity index (χ0v) is 15.9. The van der Waals surface area contributed by atoms with Gasteiger partial charge in [-0.05, 0) is 36.8 Å². The molecule has 0 aliphatic rings. The van der Waals surface area contributed by atoms with Crippen LogP contribution in [0, 0.1) is 0 Å². The van der Waals surface area contributed by atoms with Gasteiger partial charge in [-0.25, -0.2) is 14.3 Å². The first kappa shape index (κ1) is 19.9. The zero-order chi connectivity index (χ0) is 20.6. The summed E-state index contributed by atoms with van der Waals surface area (Å²) in [6.45, 7) is 2.23. The van der Waals surface area contributed by atoms with Gasteiger partial charge in [0.2, 0.25) is 5.91 Å². The number of unbranched alkanes of at least 4 members (excludes halogenated alkanes) is 1. The van der Waals surface area contributed by atoms with Crippen molar-refractivity contribution in [3.8, 4) is 5.69 Å². The van der Waals surface area contributed by atoms with Gasteiger partial charge in [0.25, 0.3) is 11.5 Å². The van der Waals surface area contributed by atoms with E-state index in [0.29, 0.717) is 12.2 Å². The molecule has 2 amide bonds. The number of amides is 2. The number of hydrogen-bond acceptors (Lipinski definition) is 6. The molecular formula is C19H21N7O3. The Balaban J connectivity index is 1.54. The highest BCUT2D eigenvalue weighted by atomic mass is 16.2. The molecule has 0 aliphatic carbocycles. The summed E-state index contributed by atoms with van der Waals surface area (Å²) in [5.41, 5.74) is 1.21. The lowest BCUT2D eigenvalue weighted by molar-refractivity contribution is -0.115. The quantitative estimate of drug-likeness (QED) is 0.586. The summed E-state index contributed by atoms with van der Waals surface area (Å²) in [6, 6.07) is 9.66. The predicted octanol–water partition coefficient (Wildman–Crippen LogP) is 0.993. The first-order valence-corrected chi connectivity index (χ1v) is 9.18. The van der Waals surface area contributed by atoms with Gasteiger partial charge in [0, 0.05) is 18.3 Å². The second-order valence-corrected chi connectivity index (χ2v) is 6.25. The lowest BCUT2D eigenvalue weighted by Gasteiger charge is -2.09. The molecule has 0 saturated heterocycles. The predicted molar refractivity (Wildman–Crippen MR) is 106 cm³/mol. The van der Waals surface area contributed by atoms with Crippen molar-refractivity contribution < 1.29 is 9.59 Å². The van der Waals surface area contributed by atoms with Crippen LogP contribution in [0.3, 0.4) is 0 Å². The van der Waals surface area contributed by atoms with Crippen molar-refractivity contribution in [1.82, 2.24) is 29.9 Å². The van der Waals surface area contributed by atoms with Crippen molar-refractivity contribution in [2.24, 2.45) is 0 Å². The van der Waals surface area contributed by atoms with Crippen molar-refractivity contribution in [3.05, 3.63) is 65.1 Å². The van der Waals surface area contributed by atoms with Crippen LogP contribution in [-0.2, 0) is 11.3 Å². The number of rotatable bonds is 8. The van der Waals surface area contributed by atoms with Gasteiger partial charge in [0.05, 0.1) is 12.2 Å². The smallest absolute Gasteiger partial charge is 0.272 e. The number of carbonyl (C=O) groups is 2. The van der Waals surface area contributed by atoms with E-state index in [1.54, 1.807) is 35.3 Å². The van der Waals surface area contributed by atoms with Crippen molar-refractivity contribution in [2.45, 2.75) is 26.3 Å². The number of aryl methyl sites for hydroxylation is 1. The van der Waals surface area contributed by atoms with E-state index in [1.807, 2.05) is 6.92 Å². The Morgan fingerprint density at radius 3 is 2.59 bits per heavy atom. The Morgan fingerprint density at radius 1 is 1.10 bits per heavy atom. The van der Waals surface area contributed by atoms with Crippen molar-refractivity contribution >= 4 is 17.5 Å². The van der Waals surface area contributed by atoms with E-state index in [-0.39, 0.29) is 23.7 Å². The third-order valence-corrected chi connectivity index (χ3v) is 4.07. The van der Waals surface area contributed by atoms with Crippen LogP contribution in [0.5, 0.6) is 0 Å². The Morgan fingerprint density at radius 2 is 1.90 bits per heavy atom. The molecule has 10 nitrogen and oxygen atoms in total. The maximum Gasteiger partial charge on any atom is 0.272 e. The van der Waals surface area contributed by atoms with Crippen LogP contribution in [0.25, 0.3) is 5.69 Å². The summed E-state index contributed by atoms with van der Waals surface area (Å²) in [7, 11) is 0. The average Bonchev–Trinajstić information content (AvgIpc) is 3.27. The standard InChI is InChI=1S/C19H21N7O3/c1-2-3-10-25-18(28)9-8-16(24-25)19(29)21-11-17(27)23-14-4-6-15(7-5-14)26-13-20-12-22-26/h4-9,12-13H,2-3,10-11H2,1H3,(H,21,29)(H,23,27). The molecule has 0 aliphatic heterocycles. The molecule has 0 bridgehead atoms. The van der Waals surface area contributed by atoms with E-state index in [0.717, 1.165) is 18.5 Å². The summed E-state index contributed by atoms with van der Waals surface area (Å²) in [4.78, 5) is 40.0. The highest BCUT2D eigenvalue weighted by molar-refractivity contribution is 5.98. The summed E-state index contributed by atoms with van der Waals surface area (Å²) < 4.78 is 2.86. The summed E-state index contributed by atoms with van der Waals surface area (Å²) in [5.74, 6) is -0.905. The minimum Gasteiger partial charge on any atom is -0.342 e. The molecule has 0 atom stereocenters. The fraction of sp³-hybridized carbons (Fsp3) is 0.263. The second kappa shape index (κ2) is 9.40. The average molecular weight is 395 g/mol. The van der Waals surface area contributed by atoms with Crippen LogP contribution in [-0.4, -0.2) is 42.9 Å². The Bertz CT molecular complexity index is 1030. The third-order valence-electron chi connectivity index (χ3n) is 4.07. The number of nitrogens with zero attached hydrogens (tertiary/aromatic N) is 5. The van der Waals surface area contributed by atoms with Gasteiger partial charge in [0.1, 0.15) is 18.3 Å². The molecule has 2 aromatic heterocycles. The number of aromatic nitrogens is 5. The van der Waals surface area contributed by atoms with E-state index >= 15 is 0 Å². The fourth-order valence-electron chi connectivity index (χ4n) is 2.53. The third kappa shape index (κ3) is 5.34. The molecule has 150 valence electrons. The van der Waals surface area contributed by atoms with Gasteiger partial charge in [-0.1, -0.05) is 13.3 Å². The van der Waals surface area contributed by atoms with Crippen LogP contribution in [0.4, 0.5) is 5.69 Å². The topological polar surface area (TPSA) is 124 Å². The molecule has 3 rings (SSSR count). The van der Waals surface area contributed by atoms with E-state index in [1.165, 1.54) is 23.1 Å². The number of carbonyl (C=O) groups excluding carboxylic acids is 2. The highest BCUT2D eigenvalue weighted by Gasteiger charge is 2.11. The van der Waals surface area contributed by atoms with Gasteiger partial charge in [-0.2, -0.15) is 10.2 Å². The molecule has 0 spiro atoms. The van der Waals surface area contributed by atoms with Gasteiger partial charge < -0.3 is 10.6 Å². The van der Waals surface area contributed by atoms with Gasteiger partial charge in [0.15, 0.2) is 0 Å². The number of anilines is 1. The van der Waals surface area contributed by atoms with E-state index in [2.05, 4.69) is 25.8 Å². The van der Waals surface area contributed by atoms with E-state index < -0.39 is 5.91 Å². The van der Waals surface area contributed by atoms with Crippen LogP contribution < -0.4 is 16.2 Å². The summed E-state index contributed by atoms with van der Waals surface area (Å²) in [5, 5.41) is 13.3. The van der Waals surface area contributed by atoms with Crippen molar-refractivity contribution in [2.75, 3.05) is 11.9 Å². The molecule has 10 heteroatoms. The molecular weight excluding hydrogens is 374 g/mol. The molecule has 2 N–H and O–H groups in total. The summed E-state index contributed by atoms with van der Waals surface area (Å²) in [6.07, 6.45) is 4.70. The molecule has 2 heterocycles. The van der Waals surface area contributed by atoms with Gasteiger partial charge in [-0.15, -0.1) is 0 Å². The van der Waals surface area contributed by atoms with Crippen molar-refractivity contribution in [3.63, 3.8) is 0 Å². The molecule has 0 unspecified atom stereocenters. The van der Waals surface area contributed by atoms with Crippen LogP contribution >= 0.6 is 0 Å². The first-order chi connectivity index (χ1) is 14.1. The first-order valence-electron chi connectivity index (χ1n) is 9.18. The molecule has 0 radical (unpaired) electrons. The fourth-order valence-corrected chi connectivity index (χ4v) is 2.53. The van der Waals surface area contributed by atoms with Crippen molar-refractivity contribution in [1.29, 1.82) is 0 Å². The van der Waals surface area contributed by atoms with Crippen LogP contribution in [0.15, 0.2) is 53.8 Å². The largest absolute Gasteiger partial charge is 0.342 e. The van der Waals surface area contributed by atoms with Crippen LogP contribution in [0.1, 0.15) is 30.3 Å². The minimum absolute atomic E-state index is 0.0886. The molecule has 1 aromatic carbocycles. The lowest BCUT2D eigenvalue weighted by atomic mass is 10.3. The van der Waals surface area contributed by atoms with E-state index in [4.69, 9.17) is 0 Å². The lowest BCUT2D eigenvalue weighted by Crippen LogP contribution is -2.35. The minimum atomic E-state index is -0.521. The number of nitrogens with one attached hydrogen (secondary N) is 2. The van der Waals surface area contributed by atoms with Gasteiger partial charge in [-0.3, -0.25) is 14.4 Å². The van der Waals surface area contributed by atoms with Gasteiger partial charge >= 0.3 is 0 Å². The Hall–Kier alpha value is -3.82.